The summed E-state index contributed by atoms with van der Waals surface area (Å²) in [6.45, 7) is 7.46. The van der Waals surface area contributed by atoms with Gasteiger partial charge in [-0.25, -0.2) is 0 Å². The Morgan fingerprint density at radius 2 is 1.67 bits per heavy atom. The average Bonchev–Trinajstić information content (AvgIpc) is 2.42. The van der Waals surface area contributed by atoms with E-state index in [9.17, 15) is 0 Å². The van der Waals surface area contributed by atoms with E-state index in [2.05, 4.69) is 50.4 Å². The monoisotopic (exact) mass is 249 g/mol. The number of hydrogen-bond acceptors (Lipinski definition) is 2. The van der Waals surface area contributed by atoms with Gasteiger partial charge in [0.05, 0.1) is 6.61 Å². The number of hydrogen-bond donors (Lipinski definition) is 1. The maximum absolute atomic E-state index is 5.69. The Morgan fingerprint density at radius 1 is 1.00 bits per heavy atom. The van der Waals surface area contributed by atoms with Gasteiger partial charge in [0.25, 0.3) is 0 Å². The van der Waals surface area contributed by atoms with Crippen molar-refractivity contribution in [2.75, 3.05) is 11.9 Å². The second kappa shape index (κ2) is 8.84. The molecule has 0 radical (unpaired) electrons. The van der Waals surface area contributed by atoms with E-state index in [-0.39, 0.29) is 0 Å². The quantitative estimate of drug-likeness (QED) is 0.631. The van der Waals surface area contributed by atoms with Gasteiger partial charge in [0, 0.05) is 11.7 Å². The van der Waals surface area contributed by atoms with Crippen LogP contribution in [0.5, 0.6) is 5.75 Å². The second-order valence-corrected chi connectivity index (χ2v) is 4.74. The number of ether oxygens (including phenoxy) is 1. The van der Waals surface area contributed by atoms with Crippen LogP contribution in [0.4, 0.5) is 5.69 Å². The normalized spacial score (nSPS) is 10.7. The van der Waals surface area contributed by atoms with E-state index in [1.165, 1.54) is 18.5 Å². The van der Waals surface area contributed by atoms with Crippen molar-refractivity contribution in [3.05, 3.63) is 24.3 Å². The van der Waals surface area contributed by atoms with Crippen molar-refractivity contribution in [1.29, 1.82) is 0 Å². The molecule has 2 nitrogen and oxygen atoms in total. The third-order valence-corrected chi connectivity index (χ3v) is 3.23. The SMILES string of the molecule is CCCCCOc1ccc(NC(CC)CC)cc1. The van der Waals surface area contributed by atoms with Crippen molar-refractivity contribution in [3.8, 4) is 5.75 Å². The van der Waals surface area contributed by atoms with Crippen LogP contribution in [0.15, 0.2) is 24.3 Å². The predicted octanol–water partition coefficient (Wildman–Crippen LogP) is 4.86. The molecular weight excluding hydrogens is 222 g/mol. The topological polar surface area (TPSA) is 21.3 Å². The molecule has 0 aliphatic heterocycles. The van der Waals surface area contributed by atoms with E-state index in [0.717, 1.165) is 31.6 Å². The molecule has 0 saturated carbocycles. The molecule has 1 rings (SSSR count). The van der Waals surface area contributed by atoms with Gasteiger partial charge < -0.3 is 10.1 Å². The first-order chi connectivity index (χ1) is 8.80. The molecule has 102 valence electrons. The van der Waals surface area contributed by atoms with Crippen LogP contribution in [-0.4, -0.2) is 12.6 Å². The highest BCUT2D eigenvalue weighted by atomic mass is 16.5. The number of benzene rings is 1. The molecule has 0 heterocycles. The summed E-state index contributed by atoms with van der Waals surface area (Å²) >= 11 is 0. The van der Waals surface area contributed by atoms with E-state index >= 15 is 0 Å². The molecule has 18 heavy (non-hydrogen) atoms. The summed E-state index contributed by atoms with van der Waals surface area (Å²) in [6.07, 6.45) is 5.94. The molecule has 0 saturated heterocycles. The number of nitrogens with one attached hydrogen (secondary N) is 1. The summed E-state index contributed by atoms with van der Waals surface area (Å²) in [5.41, 5.74) is 1.18. The lowest BCUT2D eigenvalue weighted by Gasteiger charge is -2.16. The lowest BCUT2D eigenvalue weighted by atomic mass is 10.1. The lowest BCUT2D eigenvalue weighted by molar-refractivity contribution is 0.306. The number of unbranched alkanes of at least 4 members (excludes halogenated alkanes) is 2. The molecule has 1 aromatic carbocycles. The molecule has 0 bridgehead atoms. The maximum atomic E-state index is 5.69. The highest BCUT2D eigenvalue weighted by Crippen LogP contribution is 2.18. The fourth-order valence-electron chi connectivity index (χ4n) is 1.92. The molecule has 1 aromatic rings. The minimum absolute atomic E-state index is 0.571. The third-order valence-electron chi connectivity index (χ3n) is 3.23. The van der Waals surface area contributed by atoms with Gasteiger partial charge in [-0.2, -0.15) is 0 Å². The van der Waals surface area contributed by atoms with Gasteiger partial charge >= 0.3 is 0 Å². The van der Waals surface area contributed by atoms with E-state index in [0.29, 0.717) is 6.04 Å². The summed E-state index contributed by atoms with van der Waals surface area (Å²) < 4.78 is 5.69. The molecule has 0 aliphatic carbocycles. The van der Waals surface area contributed by atoms with Gasteiger partial charge in [-0.1, -0.05) is 33.6 Å². The molecule has 0 atom stereocenters. The Hall–Kier alpha value is -1.18. The van der Waals surface area contributed by atoms with E-state index < -0.39 is 0 Å². The van der Waals surface area contributed by atoms with Crippen LogP contribution in [0.2, 0.25) is 0 Å². The van der Waals surface area contributed by atoms with Crippen molar-refractivity contribution in [2.45, 2.75) is 58.9 Å². The van der Waals surface area contributed by atoms with Crippen molar-refractivity contribution in [1.82, 2.24) is 0 Å². The summed E-state index contributed by atoms with van der Waals surface area (Å²) in [5.74, 6) is 0.973. The maximum Gasteiger partial charge on any atom is 0.119 e. The average molecular weight is 249 g/mol. The Morgan fingerprint density at radius 3 is 2.22 bits per heavy atom. The van der Waals surface area contributed by atoms with Crippen LogP contribution in [0.3, 0.4) is 0 Å². The summed E-state index contributed by atoms with van der Waals surface area (Å²) in [6, 6.07) is 8.88. The predicted molar refractivity (Wildman–Crippen MR) is 79.5 cm³/mol. The van der Waals surface area contributed by atoms with Gasteiger partial charge in [-0.05, 0) is 43.5 Å². The summed E-state index contributed by atoms with van der Waals surface area (Å²) in [5, 5.41) is 3.53. The van der Waals surface area contributed by atoms with Crippen molar-refractivity contribution < 1.29 is 4.74 Å². The first kappa shape index (κ1) is 14.9. The highest BCUT2D eigenvalue weighted by Gasteiger charge is 2.02. The van der Waals surface area contributed by atoms with E-state index in [4.69, 9.17) is 4.74 Å². The summed E-state index contributed by atoms with van der Waals surface area (Å²) in [4.78, 5) is 0. The second-order valence-electron chi connectivity index (χ2n) is 4.74. The Bertz CT molecular complexity index is 303. The Labute approximate surface area is 112 Å². The Kier molecular flexibility index (Phi) is 7.31. The summed E-state index contributed by atoms with van der Waals surface area (Å²) in [7, 11) is 0. The molecule has 0 aromatic heterocycles. The van der Waals surface area contributed by atoms with Crippen LogP contribution in [0.25, 0.3) is 0 Å². The highest BCUT2D eigenvalue weighted by molar-refractivity contribution is 5.47. The van der Waals surface area contributed by atoms with Crippen LogP contribution in [0.1, 0.15) is 52.9 Å². The van der Waals surface area contributed by atoms with Crippen LogP contribution < -0.4 is 10.1 Å². The molecule has 0 spiro atoms. The minimum atomic E-state index is 0.571. The first-order valence-corrected chi connectivity index (χ1v) is 7.29. The van der Waals surface area contributed by atoms with Gasteiger partial charge in [-0.3, -0.25) is 0 Å². The fraction of sp³-hybridized carbons (Fsp3) is 0.625. The molecule has 0 aliphatic rings. The smallest absolute Gasteiger partial charge is 0.119 e. The zero-order valence-electron chi connectivity index (χ0n) is 12.0. The van der Waals surface area contributed by atoms with E-state index in [1.807, 2.05) is 0 Å². The number of rotatable bonds is 9. The Balaban J connectivity index is 2.37. The van der Waals surface area contributed by atoms with Gasteiger partial charge in [-0.15, -0.1) is 0 Å². The molecule has 2 heteroatoms. The number of anilines is 1. The minimum Gasteiger partial charge on any atom is -0.494 e. The van der Waals surface area contributed by atoms with Gasteiger partial charge in [0.15, 0.2) is 0 Å². The first-order valence-electron chi connectivity index (χ1n) is 7.29. The molecule has 0 amide bonds. The van der Waals surface area contributed by atoms with Crippen LogP contribution in [0, 0.1) is 0 Å². The molecule has 0 unspecified atom stereocenters. The molecule has 0 fully saturated rings. The van der Waals surface area contributed by atoms with Crippen molar-refractivity contribution in [2.24, 2.45) is 0 Å². The largest absolute Gasteiger partial charge is 0.494 e. The lowest BCUT2D eigenvalue weighted by Crippen LogP contribution is -2.16. The zero-order chi connectivity index (χ0) is 13.2. The fourth-order valence-corrected chi connectivity index (χ4v) is 1.92. The molecule has 1 N–H and O–H groups in total. The van der Waals surface area contributed by atoms with Crippen LogP contribution >= 0.6 is 0 Å². The van der Waals surface area contributed by atoms with Crippen LogP contribution in [-0.2, 0) is 0 Å². The van der Waals surface area contributed by atoms with Gasteiger partial charge in [0.1, 0.15) is 5.75 Å². The standard InChI is InChI=1S/C16H27NO/c1-4-7-8-13-18-16-11-9-15(10-12-16)17-14(5-2)6-3/h9-12,14,17H,4-8,13H2,1-3H3. The van der Waals surface area contributed by atoms with Crippen molar-refractivity contribution in [3.63, 3.8) is 0 Å². The van der Waals surface area contributed by atoms with E-state index in [1.54, 1.807) is 0 Å². The third kappa shape index (κ3) is 5.44. The molecular formula is C16H27NO. The van der Waals surface area contributed by atoms with Crippen molar-refractivity contribution >= 4 is 5.69 Å². The van der Waals surface area contributed by atoms with Gasteiger partial charge in [0.2, 0.25) is 0 Å². The zero-order valence-corrected chi connectivity index (χ0v) is 12.0.